The van der Waals surface area contributed by atoms with Crippen LogP contribution in [0.25, 0.3) is 0 Å². The molecule has 2 aliphatic rings. The zero-order valence-electron chi connectivity index (χ0n) is 11.8. The highest BCUT2D eigenvalue weighted by molar-refractivity contribution is 5.85. The highest BCUT2D eigenvalue weighted by Crippen LogP contribution is 2.23. The number of rotatable bonds is 4. The molecule has 0 radical (unpaired) electrons. The number of aliphatic carboxylic acids is 1. The molecule has 116 valence electrons. The van der Waals surface area contributed by atoms with Gasteiger partial charge in [0, 0.05) is 25.6 Å². The number of carbonyl (C=O) groups excluding carboxylic acids is 1. The zero-order chi connectivity index (χ0) is 13.7. The normalized spacial score (nSPS) is 20.5. The van der Waals surface area contributed by atoms with E-state index in [2.05, 4.69) is 5.32 Å². The number of halogens is 1. The van der Waals surface area contributed by atoms with Gasteiger partial charge in [-0.3, -0.25) is 4.79 Å². The molecular weight excluding hydrogens is 280 g/mol. The van der Waals surface area contributed by atoms with Gasteiger partial charge in [0.25, 0.3) is 0 Å². The van der Waals surface area contributed by atoms with Gasteiger partial charge in [-0.1, -0.05) is 12.8 Å². The second-order valence-electron chi connectivity index (χ2n) is 5.79. The van der Waals surface area contributed by atoms with Crippen molar-refractivity contribution in [2.75, 3.05) is 13.1 Å². The Morgan fingerprint density at radius 2 is 1.70 bits per heavy atom. The number of nitrogens with zero attached hydrogens (tertiary/aromatic N) is 1. The van der Waals surface area contributed by atoms with E-state index in [1.54, 1.807) is 0 Å². The molecule has 0 aromatic carbocycles. The molecular formula is C14H25ClN2O3. The molecule has 2 rings (SSSR count). The average molecular weight is 305 g/mol. The van der Waals surface area contributed by atoms with E-state index in [0.717, 1.165) is 45.2 Å². The molecule has 0 bridgehead atoms. The van der Waals surface area contributed by atoms with Crippen LogP contribution in [-0.2, 0) is 4.79 Å². The number of carboxylic acid groups (broad SMARTS) is 1. The lowest BCUT2D eigenvalue weighted by atomic mass is 9.92. The van der Waals surface area contributed by atoms with Crippen LogP contribution in [0.15, 0.2) is 0 Å². The molecule has 1 saturated carbocycles. The third-order valence-electron chi connectivity index (χ3n) is 4.35. The van der Waals surface area contributed by atoms with Crippen LogP contribution in [-0.4, -0.2) is 41.1 Å². The molecule has 20 heavy (non-hydrogen) atoms. The minimum atomic E-state index is -0.721. The number of carbonyl (C=O) groups is 2. The zero-order valence-corrected chi connectivity index (χ0v) is 12.7. The maximum Gasteiger partial charge on any atom is 0.317 e. The van der Waals surface area contributed by atoms with Gasteiger partial charge >= 0.3 is 12.0 Å². The van der Waals surface area contributed by atoms with Crippen LogP contribution in [0.1, 0.15) is 51.4 Å². The van der Waals surface area contributed by atoms with Gasteiger partial charge in [-0.15, -0.1) is 12.4 Å². The van der Waals surface area contributed by atoms with Gasteiger partial charge in [-0.25, -0.2) is 4.79 Å². The maximum atomic E-state index is 12.0. The fraction of sp³-hybridized carbons (Fsp3) is 0.857. The minimum absolute atomic E-state index is 0. The summed E-state index contributed by atoms with van der Waals surface area (Å²) in [7, 11) is 0. The van der Waals surface area contributed by atoms with Gasteiger partial charge in [-0.2, -0.15) is 0 Å². The quantitative estimate of drug-likeness (QED) is 0.839. The number of hydrogen-bond acceptors (Lipinski definition) is 2. The van der Waals surface area contributed by atoms with Crippen molar-refractivity contribution >= 4 is 24.4 Å². The summed E-state index contributed by atoms with van der Waals surface area (Å²) in [5.41, 5.74) is 0. The van der Waals surface area contributed by atoms with Crippen molar-refractivity contribution in [2.45, 2.75) is 57.4 Å². The van der Waals surface area contributed by atoms with Crippen molar-refractivity contribution in [3.8, 4) is 0 Å². The SMILES string of the molecule is Cl.O=C(O)CCC1CCN(C(=O)NC2CCCC2)CC1. The first kappa shape index (κ1) is 17.1. The van der Waals surface area contributed by atoms with Gasteiger partial charge in [0.2, 0.25) is 0 Å². The Morgan fingerprint density at radius 1 is 1.10 bits per heavy atom. The summed E-state index contributed by atoms with van der Waals surface area (Å²) in [5, 5.41) is 11.8. The first-order valence-electron chi connectivity index (χ1n) is 7.42. The first-order chi connectivity index (χ1) is 9.15. The number of hydrogen-bond donors (Lipinski definition) is 2. The highest BCUT2D eigenvalue weighted by atomic mass is 35.5. The van der Waals surface area contributed by atoms with Crippen molar-refractivity contribution in [3.63, 3.8) is 0 Å². The van der Waals surface area contributed by atoms with Crippen LogP contribution in [0, 0.1) is 5.92 Å². The van der Waals surface area contributed by atoms with E-state index in [-0.39, 0.29) is 24.9 Å². The summed E-state index contributed by atoms with van der Waals surface area (Å²) in [6.07, 6.45) is 7.54. The summed E-state index contributed by atoms with van der Waals surface area (Å²) < 4.78 is 0. The van der Waals surface area contributed by atoms with Crippen LogP contribution in [0.3, 0.4) is 0 Å². The second-order valence-corrected chi connectivity index (χ2v) is 5.79. The maximum absolute atomic E-state index is 12.0. The summed E-state index contributed by atoms with van der Waals surface area (Å²) in [5.74, 6) is -0.256. The molecule has 0 spiro atoms. The molecule has 0 aromatic heterocycles. The molecule has 0 atom stereocenters. The third kappa shape index (κ3) is 5.19. The van der Waals surface area contributed by atoms with E-state index in [9.17, 15) is 9.59 Å². The Hall–Kier alpha value is -0.970. The lowest BCUT2D eigenvalue weighted by Crippen LogP contribution is -2.47. The molecule has 2 fully saturated rings. The number of piperidine rings is 1. The predicted octanol–water partition coefficient (Wildman–Crippen LogP) is 2.64. The van der Waals surface area contributed by atoms with Crippen LogP contribution in [0.5, 0.6) is 0 Å². The van der Waals surface area contributed by atoms with Gasteiger partial charge in [0.1, 0.15) is 0 Å². The Balaban J connectivity index is 0.00000200. The Bertz CT molecular complexity index is 324. The van der Waals surface area contributed by atoms with Crippen LogP contribution < -0.4 is 5.32 Å². The molecule has 1 heterocycles. The fourth-order valence-corrected chi connectivity index (χ4v) is 3.09. The largest absolute Gasteiger partial charge is 0.481 e. The Kier molecular flexibility index (Phi) is 7.13. The van der Waals surface area contributed by atoms with Gasteiger partial charge in [0.15, 0.2) is 0 Å². The van der Waals surface area contributed by atoms with Gasteiger partial charge in [-0.05, 0) is 38.0 Å². The predicted molar refractivity (Wildman–Crippen MR) is 79.2 cm³/mol. The van der Waals surface area contributed by atoms with E-state index in [1.165, 1.54) is 12.8 Å². The van der Waals surface area contributed by atoms with Crippen LogP contribution in [0.4, 0.5) is 4.79 Å². The molecule has 2 amide bonds. The average Bonchev–Trinajstić information content (AvgIpc) is 2.89. The smallest absolute Gasteiger partial charge is 0.317 e. The molecule has 1 saturated heterocycles. The molecule has 2 N–H and O–H groups in total. The molecule has 1 aliphatic carbocycles. The van der Waals surface area contributed by atoms with Crippen molar-refractivity contribution in [1.29, 1.82) is 0 Å². The topological polar surface area (TPSA) is 69.6 Å². The summed E-state index contributed by atoms with van der Waals surface area (Å²) in [4.78, 5) is 24.5. The molecule has 6 heteroatoms. The summed E-state index contributed by atoms with van der Waals surface area (Å²) >= 11 is 0. The molecule has 5 nitrogen and oxygen atoms in total. The van der Waals surface area contributed by atoms with E-state index in [4.69, 9.17) is 5.11 Å². The lowest BCUT2D eigenvalue weighted by molar-refractivity contribution is -0.137. The van der Waals surface area contributed by atoms with Crippen molar-refractivity contribution in [1.82, 2.24) is 10.2 Å². The number of nitrogens with one attached hydrogen (secondary N) is 1. The van der Waals surface area contributed by atoms with Crippen molar-refractivity contribution < 1.29 is 14.7 Å². The highest BCUT2D eigenvalue weighted by Gasteiger charge is 2.25. The first-order valence-corrected chi connectivity index (χ1v) is 7.42. The number of carboxylic acids is 1. The summed E-state index contributed by atoms with van der Waals surface area (Å²) in [6, 6.07) is 0.445. The molecule has 1 aliphatic heterocycles. The third-order valence-corrected chi connectivity index (χ3v) is 4.35. The van der Waals surface area contributed by atoms with Gasteiger partial charge < -0.3 is 15.3 Å². The van der Waals surface area contributed by atoms with E-state index in [0.29, 0.717) is 12.0 Å². The minimum Gasteiger partial charge on any atom is -0.481 e. The van der Waals surface area contributed by atoms with Crippen LogP contribution >= 0.6 is 12.4 Å². The number of amides is 2. The Morgan fingerprint density at radius 3 is 2.25 bits per heavy atom. The Labute approximate surface area is 126 Å². The van der Waals surface area contributed by atoms with Crippen LogP contribution in [0.2, 0.25) is 0 Å². The number of likely N-dealkylation sites (tertiary alicyclic amines) is 1. The van der Waals surface area contributed by atoms with Gasteiger partial charge in [0.05, 0.1) is 0 Å². The van der Waals surface area contributed by atoms with E-state index >= 15 is 0 Å². The summed E-state index contributed by atoms with van der Waals surface area (Å²) in [6.45, 7) is 1.53. The number of urea groups is 1. The van der Waals surface area contributed by atoms with E-state index in [1.807, 2.05) is 4.90 Å². The van der Waals surface area contributed by atoms with Crippen molar-refractivity contribution in [2.24, 2.45) is 5.92 Å². The van der Waals surface area contributed by atoms with E-state index < -0.39 is 5.97 Å². The molecule has 0 aromatic rings. The standard InChI is InChI=1S/C14H24N2O3.ClH/c17-13(18)6-5-11-7-9-16(10-8-11)14(19)15-12-3-1-2-4-12;/h11-12H,1-10H2,(H,15,19)(H,17,18);1H. The monoisotopic (exact) mass is 304 g/mol. The fourth-order valence-electron chi connectivity index (χ4n) is 3.09. The lowest BCUT2D eigenvalue weighted by Gasteiger charge is -2.32. The van der Waals surface area contributed by atoms with Crippen molar-refractivity contribution in [3.05, 3.63) is 0 Å². The molecule has 0 unspecified atom stereocenters. The second kappa shape index (κ2) is 8.35.